The molecule has 0 aliphatic rings. The van der Waals surface area contributed by atoms with Gasteiger partial charge < -0.3 is 14.8 Å². The maximum Gasteiger partial charge on any atom is 0.141 e. The van der Waals surface area contributed by atoms with Crippen LogP contribution in [0.5, 0.6) is 11.5 Å². The standard InChI is InChI=1S/C18H23NO2/c1-14(2)13-21-17-10-6-4-8-15(17)12-19-16-9-5-7-11-18(16)20-3/h4-11,14,19H,12-13H2,1-3H3. The van der Waals surface area contributed by atoms with Crippen molar-refractivity contribution in [3.63, 3.8) is 0 Å². The molecule has 112 valence electrons. The van der Waals surface area contributed by atoms with Crippen molar-refractivity contribution < 1.29 is 9.47 Å². The summed E-state index contributed by atoms with van der Waals surface area (Å²) in [4.78, 5) is 0. The molecule has 1 N–H and O–H groups in total. The third-order valence-corrected chi connectivity index (χ3v) is 3.12. The Hall–Kier alpha value is -2.16. The van der Waals surface area contributed by atoms with Gasteiger partial charge in [0, 0.05) is 12.1 Å². The fourth-order valence-corrected chi connectivity index (χ4v) is 2.03. The van der Waals surface area contributed by atoms with Gasteiger partial charge >= 0.3 is 0 Å². The van der Waals surface area contributed by atoms with Gasteiger partial charge in [-0.05, 0) is 24.1 Å². The van der Waals surface area contributed by atoms with Crippen molar-refractivity contribution in [3.05, 3.63) is 54.1 Å². The molecule has 0 saturated heterocycles. The van der Waals surface area contributed by atoms with Gasteiger partial charge in [-0.15, -0.1) is 0 Å². The third-order valence-electron chi connectivity index (χ3n) is 3.12. The smallest absolute Gasteiger partial charge is 0.141 e. The predicted molar refractivity (Wildman–Crippen MR) is 87.1 cm³/mol. The summed E-state index contributed by atoms with van der Waals surface area (Å²) in [7, 11) is 1.68. The highest BCUT2D eigenvalue weighted by Gasteiger charge is 2.06. The monoisotopic (exact) mass is 285 g/mol. The fraction of sp³-hybridized carbons (Fsp3) is 0.333. The Morgan fingerprint density at radius 2 is 1.62 bits per heavy atom. The Bertz CT molecular complexity index is 567. The first-order chi connectivity index (χ1) is 10.2. The van der Waals surface area contributed by atoms with Gasteiger partial charge in [-0.1, -0.05) is 44.2 Å². The summed E-state index contributed by atoms with van der Waals surface area (Å²) in [5.41, 5.74) is 2.13. The van der Waals surface area contributed by atoms with Crippen molar-refractivity contribution in [2.75, 3.05) is 19.0 Å². The lowest BCUT2D eigenvalue weighted by molar-refractivity contribution is 0.269. The van der Waals surface area contributed by atoms with Gasteiger partial charge in [0.2, 0.25) is 0 Å². The van der Waals surface area contributed by atoms with Crippen LogP contribution < -0.4 is 14.8 Å². The van der Waals surface area contributed by atoms with Crippen LogP contribution in [0.1, 0.15) is 19.4 Å². The van der Waals surface area contributed by atoms with Gasteiger partial charge in [0.15, 0.2) is 0 Å². The van der Waals surface area contributed by atoms with Crippen molar-refractivity contribution in [2.24, 2.45) is 5.92 Å². The van der Waals surface area contributed by atoms with E-state index in [0.717, 1.165) is 29.4 Å². The van der Waals surface area contributed by atoms with E-state index in [2.05, 4.69) is 25.2 Å². The maximum atomic E-state index is 5.87. The molecule has 0 radical (unpaired) electrons. The van der Waals surface area contributed by atoms with Crippen LogP contribution in [0.4, 0.5) is 5.69 Å². The lowest BCUT2D eigenvalue weighted by atomic mass is 10.2. The van der Waals surface area contributed by atoms with Gasteiger partial charge in [-0.3, -0.25) is 0 Å². The first-order valence-corrected chi connectivity index (χ1v) is 7.28. The normalized spacial score (nSPS) is 10.5. The first kappa shape index (κ1) is 15.2. The first-order valence-electron chi connectivity index (χ1n) is 7.28. The molecular formula is C18H23NO2. The Morgan fingerprint density at radius 3 is 2.33 bits per heavy atom. The molecule has 2 aromatic carbocycles. The van der Waals surface area contributed by atoms with E-state index >= 15 is 0 Å². The molecule has 0 spiro atoms. The largest absolute Gasteiger partial charge is 0.495 e. The van der Waals surface area contributed by atoms with Crippen molar-refractivity contribution in [3.8, 4) is 11.5 Å². The highest BCUT2D eigenvalue weighted by molar-refractivity contribution is 5.56. The minimum atomic E-state index is 0.514. The number of anilines is 1. The molecule has 0 bridgehead atoms. The second kappa shape index (κ2) is 7.58. The number of methoxy groups -OCH3 is 1. The fourth-order valence-electron chi connectivity index (χ4n) is 2.03. The van der Waals surface area contributed by atoms with Crippen molar-refractivity contribution in [1.82, 2.24) is 0 Å². The number of benzene rings is 2. The van der Waals surface area contributed by atoms with Crippen LogP contribution in [0.2, 0.25) is 0 Å². The van der Waals surface area contributed by atoms with E-state index in [-0.39, 0.29) is 0 Å². The summed E-state index contributed by atoms with van der Waals surface area (Å²) in [6.45, 7) is 5.73. The molecule has 0 heterocycles. The Balaban J connectivity index is 2.06. The summed E-state index contributed by atoms with van der Waals surface area (Å²) < 4.78 is 11.2. The highest BCUT2D eigenvalue weighted by Crippen LogP contribution is 2.25. The van der Waals surface area contributed by atoms with Crippen LogP contribution in [-0.4, -0.2) is 13.7 Å². The van der Waals surface area contributed by atoms with E-state index in [4.69, 9.17) is 9.47 Å². The third kappa shape index (κ3) is 4.42. The summed E-state index contributed by atoms with van der Waals surface area (Å²) in [5.74, 6) is 2.30. The molecule has 0 fully saturated rings. The number of rotatable bonds is 7. The van der Waals surface area contributed by atoms with E-state index < -0.39 is 0 Å². The zero-order chi connectivity index (χ0) is 15.1. The van der Waals surface area contributed by atoms with Gasteiger partial charge in [-0.25, -0.2) is 0 Å². The Kier molecular flexibility index (Phi) is 5.50. The SMILES string of the molecule is COc1ccccc1NCc1ccccc1OCC(C)C. The summed E-state index contributed by atoms with van der Waals surface area (Å²) in [5, 5.41) is 3.40. The molecule has 3 nitrogen and oxygen atoms in total. The summed E-state index contributed by atoms with van der Waals surface area (Å²) in [6, 6.07) is 16.0. The number of nitrogens with one attached hydrogen (secondary N) is 1. The van der Waals surface area contributed by atoms with Gasteiger partial charge in [0.1, 0.15) is 11.5 Å². The van der Waals surface area contributed by atoms with Crippen LogP contribution in [0.3, 0.4) is 0 Å². The van der Waals surface area contributed by atoms with Gasteiger partial charge in [-0.2, -0.15) is 0 Å². The van der Waals surface area contributed by atoms with E-state index in [1.807, 2.05) is 42.5 Å². The minimum Gasteiger partial charge on any atom is -0.495 e. The number of hydrogen-bond acceptors (Lipinski definition) is 3. The average Bonchev–Trinajstić information content (AvgIpc) is 2.51. The van der Waals surface area contributed by atoms with Crippen LogP contribution in [0.25, 0.3) is 0 Å². The molecule has 2 rings (SSSR count). The van der Waals surface area contributed by atoms with E-state index in [0.29, 0.717) is 12.5 Å². The summed E-state index contributed by atoms with van der Waals surface area (Å²) in [6.07, 6.45) is 0. The van der Waals surface area contributed by atoms with Crippen molar-refractivity contribution in [1.29, 1.82) is 0 Å². The van der Waals surface area contributed by atoms with Crippen LogP contribution in [0, 0.1) is 5.92 Å². The van der Waals surface area contributed by atoms with Crippen LogP contribution in [0.15, 0.2) is 48.5 Å². The van der Waals surface area contributed by atoms with Crippen LogP contribution in [-0.2, 0) is 6.54 Å². The molecule has 0 amide bonds. The Morgan fingerprint density at radius 1 is 0.952 bits per heavy atom. The quantitative estimate of drug-likeness (QED) is 0.820. The molecular weight excluding hydrogens is 262 g/mol. The van der Waals surface area contributed by atoms with Gasteiger partial charge in [0.05, 0.1) is 19.4 Å². The molecule has 2 aromatic rings. The van der Waals surface area contributed by atoms with E-state index in [1.54, 1.807) is 7.11 Å². The number of ether oxygens (including phenoxy) is 2. The second-order valence-electron chi connectivity index (χ2n) is 5.37. The molecule has 0 aliphatic carbocycles. The topological polar surface area (TPSA) is 30.5 Å². The zero-order valence-electron chi connectivity index (χ0n) is 12.9. The zero-order valence-corrected chi connectivity index (χ0v) is 12.9. The molecule has 0 aromatic heterocycles. The van der Waals surface area contributed by atoms with Crippen molar-refractivity contribution >= 4 is 5.69 Å². The molecule has 0 atom stereocenters. The molecule has 0 aliphatic heterocycles. The van der Waals surface area contributed by atoms with Crippen molar-refractivity contribution in [2.45, 2.75) is 20.4 Å². The Labute approximate surface area is 126 Å². The highest BCUT2D eigenvalue weighted by atomic mass is 16.5. The minimum absolute atomic E-state index is 0.514. The number of para-hydroxylation sites is 3. The average molecular weight is 285 g/mol. The van der Waals surface area contributed by atoms with Gasteiger partial charge in [0.25, 0.3) is 0 Å². The second-order valence-corrected chi connectivity index (χ2v) is 5.37. The maximum absolute atomic E-state index is 5.87. The summed E-state index contributed by atoms with van der Waals surface area (Å²) >= 11 is 0. The lowest BCUT2D eigenvalue weighted by Gasteiger charge is -2.15. The molecule has 3 heteroatoms. The molecule has 0 saturated carbocycles. The van der Waals surface area contributed by atoms with E-state index in [9.17, 15) is 0 Å². The van der Waals surface area contributed by atoms with Crippen LogP contribution >= 0.6 is 0 Å². The van der Waals surface area contributed by atoms with E-state index in [1.165, 1.54) is 0 Å². The predicted octanol–water partition coefficient (Wildman–Crippen LogP) is 4.34. The number of hydrogen-bond donors (Lipinski definition) is 1. The lowest BCUT2D eigenvalue weighted by Crippen LogP contribution is -2.08. The molecule has 0 unspecified atom stereocenters. The molecule has 21 heavy (non-hydrogen) atoms.